The van der Waals surface area contributed by atoms with Gasteiger partial charge in [-0.3, -0.25) is 19.4 Å². The number of amides is 2. The van der Waals surface area contributed by atoms with Crippen molar-refractivity contribution in [3.8, 4) is 0 Å². The quantitative estimate of drug-likeness (QED) is 0.805. The molecular formula is C20H24N4O3S. The molecular weight excluding hydrogens is 376 g/mol. The molecule has 3 heterocycles. The minimum absolute atomic E-state index is 0.106. The molecule has 0 saturated carbocycles. The second-order valence-corrected chi connectivity index (χ2v) is 7.92. The maximum atomic E-state index is 12.3. The van der Waals surface area contributed by atoms with Crippen molar-refractivity contribution in [3.63, 3.8) is 0 Å². The Hall–Kier alpha value is -2.29. The molecule has 1 aromatic heterocycles. The highest BCUT2D eigenvalue weighted by Gasteiger charge is 2.24. The molecule has 1 aromatic carbocycles. The number of anilines is 2. The van der Waals surface area contributed by atoms with E-state index in [9.17, 15) is 9.59 Å². The van der Waals surface area contributed by atoms with Gasteiger partial charge < -0.3 is 10.1 Å². The fraction of sp³-hybridized carbons (Fsp3) is 0.450. The maximum Gasteiger partial charge on any atom is 0.230 e. The van der Waals surface area contributed by atoms with E-state index in [0.717, 1.165) is 51.5 Å². The molecule has 4 rings (SSSR count). The van der Waals surface area contributed by atoms with Gasteiger partial charge in [-0.15, -0.1) is 11.3 Å². The van der Waals surface area contributed by atoms with E-state index in [-0.39, 0.29) is 18.2 Å². The Morgan fingerprint density at radius 1 is 1.18 bits per heavy atom. The van der Waals surface area contributed by atoms with E-state index >= 15 is 0 Å². The van der Waals surface area contributed by atoms with Gasteiger partial charge in [-0.25, -0.2) is 4.98 Å². The number of benzene rings is 1. The van der Waals surface area contributed by atoms with Crippen LogP contribution < -0.4 is 10.2 Å². The van der Waals surface area contributed by atoms with Crippen LogP contribution in [0.25, 0.3) is 0 Å². The molecule has 0 spiro atoms. The first-order valence-electron chi connectivity index (χ1n) is 9.61. The van der Waals surface area contributed by atoms with Crippen molar-refractivity contribution in [1.29, 1.82) is 0 Å². The fourth-order valence-electron chi connectivity index (χ4n) is 3.43. The SMILES string of the molecule is O=C(Cc1csc(N2CCCC2=O)n1)Nc1ccc(CN2CCOCC2)cc1. The van der Waals surface area contributed by atoms with Crippen LogP contribution in [0, 0.1) is 0 Å². The van der Waals surface area contributed by atoms with E-state index in [1.807, 2.05) is 29.6 Å². The van der Waals surface area contributed by atoms with Gasteiger partial charge in [0, 0.05) is 43.7 Å². The summed E-state index contributed by atoms with van der Waals surface area (Å²) in [5.74, 6) is 0.00745. The van der Waals surface area contributed by atoms with Crippen LogP contribution >= 0.6 is 11.3 Å². The van der Waals surface area contributed by atoms with E-state index in [1.54, 1.807) is 4.90 Å². The van der Waals surface area contributed by atoms with Crippen LogP contribution in [0.4, 0.5) is 10.8 Å². The van der Waals surface area contributed by atoms with Crippen LogP contribution in [0.3, 0.4) is 0 Å². The molecule has 8 heteroatoms. The summed E-state index contributed by atoms with van der Waals surface area (Å²) in [7, 11) is 0. The zero-order valence-electron chi connectivity index (χ0n) is 15.7. The van der Waals surface area contributed by atoms with Crippen molar-refractivity contribution < 1.29 is 14.3 Å². The molecule has 2 aliphatic heterocycles. The smallest absolute Gasteiger partial charge is 0.230 e. The average Bonchev–Trinajstić information content (AvgIpc) is 3.33. The van der Waals surface area contributed by atoms with Gasteiger partial charge in [0.25, 0.3) is 0 Å². The Balaban J connectivity index is 1.29. The fourth-order valence-corrected chi connectivity index (χ4v) is 4.30. The highest BCUT2D eigenvalue weighted by Crippen LogP contribution is 2.25. The average molecular weight is 401 g/mol. The third-order valence-electron chi connectivity index (χ3n) is 4.93. The summed E-state index contributed by atoms with van der Waals surface area (Å²) >= 11 is 1.42. The lowest BCUT2D eigenvalue weighted by Gasteiger charge is -2.26. The van der Waals surface area contributed by atoms with Gasteiger partial charge >= 0.3 is 0 Å². The molecule has 0 bridgehead atoms. The van der Waals surface area contributed by atoms with E-state index < -0.39 is 0 Å². The van der Waals surface area contributed by atoms with Crippen molar-refractivity contribution in [2.75, 3.05) is 43.1 Å². The molecule has 2 fully saturated rings. The van der Waals surface area contributed by atoms with Crippen molar-refractivity contribution >= 4 is 34.0 Å². The van der Waals surface area contributed by atoms with Gasteiger partial charge in [-0.05, 0) is 24.1 Å². The lowest BCUT2D eigenvalue weighted by atomic mass is 10.2. The largest absolute Gasteiger partial charge is 0.379 e. The van der Waals surface area contributed by atoms with Crippen LogP contribution in [-0.4, -0.2) is 54.5 Å². The van der Waals surface area contributed by atoms with Crippen molar-refractivity contribution in [1.82, 2.24) is 9.88 Å². The summed E-state index contributed by atoms with van der Waals surface area (Å²) in [6.07, 6.45) is 1.65. The minimum atomic E-state index is -0.106. The standard InChI is InChI=1S/C20H24N4O3S/c25-18(12-17-14-28-20(22-17)24-7-1-2-19(24)26)21-16-5-3-15(4-6-16)13-23-8-10-27-11-9-23/h3-6,14H,1-2,7-13H2,(H,21,25). The first kappa shape index (κ1) is 19.0. The number of morpholine rings is 1. The van der Waals surface area contributed by atoms with E-state index in [0.29, 0.717) is 17.2 Å². The molecule has 28 heavy (non-hydrogen) atoms. The summed E-state index contributed by atoms with van der Waals surface area (Å²) in [5, 5.41) is 5.47. The second kappa shape index (κ2) is 8.81. The molecule has 0 atom stereocenters. The molecule has 1 N–H and O–H groups in total. The number of rotatable bonds is 6. The van der Waals surface area contributed by atoms with Gasteiger partial charge in [0.1, 0.15) is 0 Å². The normalized spacial score (nSPS) is 17.9. The number of carbonyl (C=O) groups is 2. The number of nitrogens with zero attached hydrogens (tertiary/aromatic N) is 3. The number of aromatic nitrogens is 1. The van der Waals surface area contributed by atoms with Gasteiger partial charge in [0.15, 0.2) is 5.13 Å². The summed E-state index contributed by atoms with van der Waals surface area (Å²) in [6, 6.07) is 7.96. The van der Waals surface area contributed by atoms with Gasteiger partial charge in [0.05, 0.1) is 25.3 Å². The predicted molar refractivity (Wildman–Crippen MR) is 109 cm³/mol. The maximum absolute atomic E-state index is 12.3. The molecule has 0 aliphatic carbocycles. The van der Waals surface area contributed by atoms with Crippen LogP contribution in [0.5, 0.6) is 0 Å². The highest BCUT2D eigenvalue weighted by atomic mass is 32.1. The summed E-state index contributed by atoms with van der Waals surface area (Å²) < 4.78 is 5.37. The lowest BCUT2D eigenvalue weighted by Crippen LogP contribution is -2.35. The highest BCUT2D eigenvalue weighted by molar-refractivity contribution is 7.14. The summed E-state index contributed by atoms with van der Waals surface area (Å²) in [6.45, 7) is 5.11. The second-order valence-electron chi connectivity index (χ2n) is 7.08. The molecule has 7 nitrogen and oxygen atoms in total. The Kier molecular flexibility index (Phi) is 5.99. The molecule has 2 aliphatic rings. The van der Waals surface area contributed by atoms with Gasteiger partial charge in [-0.2, -0.15) is 0 Å². The third-order valence-corrected chi connectivity index (χ3v) is 5.85. The number of nitrogens with one attached hydrogen (secondary N) is 1. The minimum Gasteiger partial charge on any atom is -0.379 e. The van der Waals surface area contributed by atoms with E-state index in [4.69, 9.17) is 4.74 Å². The Bertz CT molecular complexity index is 830. The molecule has 148 valence electrons. The molecule has 0 unspecified atom stereocenters. The van der Waals surface area contributed by atoms with Gasteiger partial charge in [0.2, 0.25) is 11.8 Å². The Labute approximate surface area is 168 Å². The van der Waals surface area contributed by atoms with Crippen molar-refractivity contribution in [2.24, 2.45) is 0 Å². The van der Waals surface area contributed by atoms with Crippen molar-refractivity contribution in [2.45, 2.75) is 25.8 Å². The zero-order valence-corrected chi connectivity index (χ0v) is 16.5. The summed E-state index contributed by atoms with van der Waals surface area (Å²) in [4.78, 5) is 32.7. The topological polar surface area (TPSA) is 74.8 Å². The number of ether oxygens (including phenoxy) is 1. The predicted octanol–water partition coefficient (Wildman–Crippen LogP) is 2.28. The Morgan fingerprint density at radius 3 is 2.68 bits per heavy atom. The van der Waals surface area contributed by atoms with Crippen LogP contribution in [0.15, 0.2) is 29.6 Å². The molecule has 2 amide bonds. The monoisotopic (exact) mass is 400 g/mol. The summed E-state index contributed by atoms with van der Waals surface area (Å²) in [5.41, 5.74) is 2.70. The zero-order chi connectivity index (χ0) is 19.3. The van der Waals surface area contributed by atoms with Crippen molar-refractivity contribution in [3.05, 3.63) is 40.9 Å². The molecule has 0 radical (unpaired) electrons. The number of hydrogen-bond donors (Lipinski definition) is 1. The van der Waals surface area contributed by atoms with Gasteiger partial charge in [-0.1, -0.05) is 12.1 Å². The first-order valence-corrected chi connectivity index (χ1v) is 10.5. The molecule has 2 aromatic rings. The van der Waals surface area contributed by atoms with Crippen LogP contribution in [0.2, 0.25) is 0 Å². The molecule has 2 saturated heterocycles. The lowest BCUT2D eigenvalue weighted by molar-refractivity contribution is -0.117. The first-order chi connectivity index (χ1) is 13.7. The van der Waals surface area contributed by atoms with E-state index in [2.05, 4.69) is 15.2 Å². The van der Waals surface area contributed by atoms with E-state index in [1.165, 1.54) is 16.9 Å². The van der Waals surface area contributed by atoms with Crippen LogP contribution in [-0.2, 0) is 27.3 Å². The van der Waals surface area contributed by atoms with Crippen LogP contribution in [0.1, 0.15) is 24.1 Å². The Morgan fingerprint density at radius 2 is 1.96 bits per heavy atom. The third kappa shape index (κ3) is 4.76. The number of hydrogen-bond acceptors (Lipinski definition) is 6. The number of thiazole rings is 1. The number of carbonyl (C=O) groups excluding carboxylic acids is 2.